The molecule has 0 unspecified atom stereocenters. The molecule has 1 amide bonds. The van der Waals surface area contributed by atoms with Crippen LogP contribution < -0.4 is 10.1 Å². The highest BCUT2D eigenvalue weighted by molar-refractivity contribution is 5.91. The van der Waals surface area contributed by atoms with Crippen LogP contribution in [0.3, 0.4) is 0 Å². The molecule has 0 spiro atoms. The Morgan fingerprint density at radius 1 is 1.38 bits per heavy atom. The molecule has 112 valence electrons. The summed E-state index contributed by atoms with van der Waals surface area (Å²) in [5.41, 5.74) is 0.726. The summed E-state index contributed by atoms with van der Waals surface area (Å²) < 4.78 is 15.6. The number of furan rings is 1. The quantitative estimate of drug-likeness (QED) is 0.846. The minimum absolute atomic E-state index is 0.190. The average molecular weight is 290 g/mol. The van der Waals surface area contributed by atoms with Gasteiger partial charge in [0, 0.05) is 19.4 Å². The molecule has 6 heteroatoms. The fourth-order valence-electron chi connectivity index (χ4n) is 1.84. The van der Waals surface area contributed by atoms with Crippen molar-refractivity contribution in [3.8, 4) is 5.95 Å². The zero-order valence-electron chi connectivity index (χ0n) is 12.0. The van der Waals surface area contributed by atoms with Crippen molar-refractivity contribution in [2.45, 2.75) is 13.0 Å². The van der Waals surface area contributed by atoms with Gasteiger partial charge in [0.1, 0.15) is 0 Å². The van der Waals surface area contributed by atoms with Crippen molar-refractivity contribution in [2.75, 3.05) is 20.3 Å². The van der Waals surface area contributed by atoms with E-state index in [1.54, 1.807) is 25.4 Å². The van der Waals surface area contributed by atoms with E-state index in [9.17, 15) is 4.79 Å². The number of nitrogens with one attached hydrogen (secondary N) is 1. The van der Waals surface area contributed by atoms with Crippen LogP contribution in [0.25, 0.3) is 0 Å². The molecule has 2 aromatic heterocycles. The second-order valence-corrected chi connectivity index (χ2v) is 4.29. The van der Waals surface area contributed by atoms with Gasteiger partial charge in [0.15, 0.2) is 5.76 Å². The summed E-state index contributed by atoms with van der Waals surface area (Å²) in [6.07, 6.45) is 1.67. The summed E-state index contributed by atoms with van der Waals surface area (Å²) in [6, 6.07) is 8.35. The average Bonchev–Trinajstić information content (AvgIpc) is 2.97. The van der Waals surface area contributed by atoms with Crippen LogP contribution in [0, 0.1) is 0 Å². The number of pyridine rings is 1. The number of hydrogen-bond donors (Lipinski definition) is 1. The lowest BCUT2D eigenvalue weighted by molar-refractivity contribution is 0.0859. The van der Waals surface area contributed by atoms with Crippen molar-refractivity contribution in [1.82, 2.24) is 10.3 Å². The van der Waals surface area contributed by atoms with Gasteiger partial charge in [-0.15, -0.1) is 0 Å². The lowest BCUT2D eigenvalue weighted by Gasteiger charge is -2.16. The number of carbonyl (C=O) groups excluding carboxylic acids is 1. The van der Waals surface area contributed by atoms with E-state index in [4.69, 9.17) is 13.9 Å². The van der Waals surface area contributed by atoms with Crippen LogP contribution in [-0.4, -0.2) is 31.2 Å². The summed E-state index contributed by atoms with van der Waals surface area (Å²) >= 11 is 0. The van der Waals surface area contributed by atoms with E-state index < -0.39 is 0 Å². The van der Waals surface area contributed by atoms with Gasteiger partial charge in [0.25, 0.3) is 11.9 Å². The van der Waals surface area contributed by atoms with E-state index >= 15 is 0 Å². The van der Waals surface area contributed by atoms with Gasteiger partial charge >= 0.3 is 0 Å². The molecule has 6 nitrogen and oxygen atoms in total. The number of methoxy groups -OCH3 is 1. The SMILES string of the molecule is CCOc1ccc(C(=O)N[C@@H](COC)c2ccccn2)o1. The van der Waals surface area contributed by atoms with Crippen LogP contribution in [0.4, 0.5) is 0 Å². The molecule has 2 aromatic rings. The van der Waals surface area contributed by atoms with Gasteiger partial charge in [-0.25, -0.2) is 0 Å². The van der Waals surface area contributed by atoms with Gasteiger partial charge in [0.2, 0.25) is 0 Å². The Hall–Kier alpha value is -2.34. The third kappa shape index (κ3) is 4.06. The zero-order chi connectivity index (χ0) is 15.1. The van der Waals surface area contributed by atoms with E-state index in [0.717, 1.165) is 5.69 Å². The van der Waals surface area contributed by atoms with Crippen LogP contribution in [0.2, 0.25) is 0 Å². The molecule has 0 aliphatic carbocycles. The molecule has 0 aliphatic rings. The third-order valence-corrected chi connectivity index (χ3v) is 2.78. The molecular formula is C15H18N2O4. The van der Waals surface area contributed by atoms with Gasteiger partial charge < -0.3 is 19.2 Å². The monoisotopic (exact) mass is 290 g/mol. The Bertz CT molecular complexity index is 568. The molecular weight excluding hydrogens is 272 g/mol. The molecule has 0 bridgehead atoms. The molecule has 0 aliphatic heterocycles. The summed E-state index contributed by atoms with van der Waals surface area (Å²) in [4.78, 5) is 16.4. The number of nitrogens with zero attached hydrogens (tertiary/aromatic N) is 1. The highest BCUT2D eigenvalue weighted by atomic mass is 16.6. The predicted molar refractivity (Wildman–Crippen MR) is 76.2 cm³/mol. The van der Waals surface area contributed by atoms with Gasteiger partial charge in [-0.3, -0.25) is 9.78 Å². The standard InChI is InChI=1S/C15H18N2O4/c1-3-20-14-8-7-13(21-14)15(18)17-12(10-19-2)11-6-4-5-9-16-11/h4-9,12H,3,10H2,1-2H3,(H,17,18)/t12-/m0/s1. The zero-order valence-corrected chi connectivity index (χ0v) is 12.0. The Labute approximate surface area is 123 Å². The van der Waals surface area contributed by atoms with Crippen molar-refractivity contribution >= 4 is 5.91 Å². The fourth-order valence-corrected chi connectivity index (χ4v) is 1.84. The lowest BCUT2D eigenvalue weighted by atomic mass is 10.2. The Morgan fingerprint density at radius 3 is 2.90 bits per heavy atom. The number of aromatic nitrogens is 1. The minimum atomic E-state index is -0.343. The molecule has 0 radical (unpaired) electrons. The summed E-state index contributed by atoms with van der Waals surface area (Å²) in [7, 11) is 1.57. The maximum absolute atomic E-state index is 12.2. The largest absolute Gasteiger partial charge is 0.465 e. The second kappa shape index (κ2) is 7.44. The van der Waals surface area contributed by atoms with Crippen LogP contribution >= 0.6 is 0 Å². The smallest absolute Gasteiger partial charge is 0.287 e. The molecule has 0 saturated carbocycles. The minimum Gasteiger partial charge on any atom is -0.465 e. The Kier molecular flexibility index (Phi) is 5.34. The van der Waals surface area contributed by atoms with Gasteiger partial charge in [-0.2, -0.15) is 0 Å². The van der Waals surface area contributed by atoms with Crippen molar-refractivity contribution in [1.29, 1.82) is 0 Å². The van der Waals surface area contributed by atoms with Crippen LogP contribution in [0.15, 0.2) is 40.9 Å². The molecule has 0 saturated heterocycles. The molecule has 21 heavy (non-hydrogen) atoms. The summed E-state index contributed by atoms with van der Waals surface area (Å²) in [5, 5.41) is 2.83. The third-order valence-electron chi connectivity index (χ3n) is 2.78. The number of rotatable bonds is 7. The van der Waals surface area contributed by atoms with Crippen LogP contribution in [0.5, 0.6) is 5.95 Å². The first kappa shape index (κ1) is 15.1. The van der Waals surface area contributed by atoms with E-state index in [-0.39, 0.29) is 17.7 Å². The van der Waals surface area contributed by atoms with Crippen molar-refractivity contribution in [3.63, 3.8) is 0 Å². The van der Waals surface area contributed by atoms with Crippen LogP contribution in [-0.2, 0) is 4.74 Å². The van der Waals surface area contributed by atoms with E-state index in [1.807, 2.05) is 25.1 Å². The van der Waals surface area contributed by atoms with Gasteiger partial charge in [0.05, 0.1) is 24.9 Å². The first-order valence-electron chi connectivity index (χ1n) is 6.68. The number of hydrogen-bond acceptors (Lipinski definition) is 5. The van der Waals surface area contributed by atoms with E-state index in [0.29, 0.717) is 19.2 Å². The second-order valence-electron chi connectivity index (χ2n) is 4.29. The first-order valence-corrected chi connectivity index (χ1v) is 6.68. The van der Waals surface area contributed by atoms with E-state index in [1.165, 1.54) is 0 Å². The molecule has 2 rings (SSSR count). The molecule has 1 N–H and O–H groups in total. The normalized spacial score (nSPS) is 11.9. The number of amides is 1. The van der Waals surface area contributed by atoms with E-state index in [2.05, 4.69) is 10.3 Å². The highest BCUT2D eigenvalue weighted by Crippen LogP contribution is 2.17. The number of carbonyl (C=O) groups is 1. The Balaban J connectivity index is 2.07. The van der Waals surface area contributed by atoms with Crippen molar-refractivity contribution in [3.05, 3.63) is 48.0 Å². The van der Waals surface area contributed by atoms with Crippen molar-refractivity contribution < 1.29 is 18.7 Å². The first-order chi connectivity index (χ1) is 10.2. The summed E-state index contributed by atoms with van der Waals surface area (Å²) in [6.45, 7) is 2.65. The summed E-state index contributed by atoms with van der Waals surface area (Å²) in [5.74, 6) is 0.174. The highest BCUT2D eigenvalue weighted by Gasteiger charge is 2.19. The van der Waals surface area contributed by atoms with Gasteiger partial charge in [-0.05, 0) is 25.1 Å². The van der Waals surface area contributed by atoms with Gasteiger partial charge in [-0.1, -0.05) is 6.07 Å². The molecule has 0 aromatic carbocycles. The maximum atomic E-state index is 12.2. The predicted octanol–water partition coefficient (Wildman–Crippen LogP) is 2.19. The fraction of sp³-hybridized carbons (Fsp3) is 0.333. The Morgan fingerprint density at radius 2 is 2.24 bits per heavy atom. The van der Waals surface area contributed by atoms with Crippen molar-refractivity contribution in [2.24, 2.45) is 0 Å². The molecule has 1 atom stereocenters. The van der Waals surface area contributed by atoms with Crippen LogP contribution in [0.1, 0.15) is 29.2 Å². The maximum Gasteiger partial charge on any atom is 0.287 e. The number of ether oxygens (including phenoxy) is 2. The molecule has 2 heterocycles. The molecule has 0 fully saturated rings. The topological polar surface area (TPSA) is 73.6 Å². The lowest BCUT2D eigenvalue weighted by Crippen LogP contribution is -2.31.